The van der Waals surface area contributed by atoms with E-state index in [9.17, 15) is 8.78 Å². The third-order valence-electron chi connectivity index (χ3n) is 3.52. The standard InChI is InChI=1S/C16H19F2N/c1-9(2)11-5-16(19-8-11)13-7-15(18)14(17)6-12(13)10(3)4/h6-10H,5H2,1-4H3. The maximum Gasteiger partial charge on any atom is 0.159 e. The van der Waals surface area contributed by atoms with Gasteiger partial charge in [0.1, 0.15) is 0 Å². The molecule has 0 aromatic heterocycles. The van der Waals surface area contributed by atoms with Gasteiger partial charge in [0.05, 0.1) is 5.71 Å². The molecule has 0 atom stereocenters. The van der Waals surface area contributed by atoms with Crippen LogP contribution in [-0.2, 0) is 0 Å². The quantitative estimate of drug-likeness (QED) is 0.741. The highest BCUT2D eigenvalue weighted by Gasteiger charge is 2.20. The first kappa shape index (κ1) is 13.9. The average molecular weight is 263 g/mol. The van der Waals surface area contributed by atoms with Crippen molar-refractivity contribution in [3.63, 3.8) is 0 Å². The molecule has 102 valence electrons. The van der Waals surface area contributed by atoms with E-state index in [1.807, 2.05) is 20.0 Å². The molecule has 1 aromatic carbocycles. The van der Waals surface area contributed by atoms with Crippen molar-refractivity contribution < 1.29 is 8.78 Å². The van der Waals surface area contributed by atoms with Crippen molar-refractivity contribution >= 4 is 5.71 Å². The van der Waals surface area contributed by atoms with Gasteiger partial charge in [0, 0.05) is 18.2 Å². The molecule has 1 aliphatic rings. The van der Waals surface area contributed by atoms with Gasteiger partial charge in [-0.05, 0) is 35.1 Å². The molecule has 0 saturated heterocycles. The van der Waals surface area contributed by atoms with Crippen LogP contribution in [0.4, 0.5) is 8.78 Å². The number of hydrogen-bond donors (Lipinski definition) is 0. The van der Waals surface area contributed by atoms with E-state index < -0.39 is 11.6 Å². The fourth-order valence-electron chi connectivity index (χ4n) is 2.25. The highest BCUT2D eigenvalue weighted by Crippen LogP contribution is 2.29. The monoisotopic (exact) mass is 263 g/mol. The summed E-state index contributed by atoms with van der Waals surface area (Å²) in [6.07, 6.45) is 2.58. The van der Waals surface area contributed by atoms with Crippen molar-refractivity contribution in [2.45, 2.75) is 40.0 Å². The topological polar surface area (TPSA) is 12.4 Å². The van der Waals surface area contributed by atoms with Crippen LogP contribution in [0.1, 0.15) is 51.2 Å². The lowest BCUT2D eigenvalue weighted by molar-refractivity contribution is 0.506. The third-order valence-corrected chi connectivity index (χ3v) is 3.52. The minimum Gasteiger partial charge on any atom is -0.260 e. The van der Waals surface area contributed by atoms with Crippen molar-refractivity contribution in [1.29, 1.82) is 0 Å². The van der Waals surface area contributed by atoms with Gasteiger partial charge in [0.15, 0.2) is 11.6 Å². The summed E-state index contributed by atoms with van der Waals surface area (Å²) in [4.78, 5) is 4.39. The van der Waals surface area contributed by atoms with E-state index >= 15 is 0 Å². The minimum absolute atomic E-state index is 0.135. The molecule has 19 heavy (non-hydrogen) atoms. The number of allylic oxidation sites excluding steroid dienone is 1. The maximum atomic E-state index is 13.5. The van der Waals surface area contributed by atoms with Crippen LogP contribution in [0.3, 0.4) is 0 Å². The first-order chi connectivity index (χ1) is 8.90. The number of rotatable bonds is 3. The Balaban J connectivity index is 2.39. The SMILES string of the molecule is CC(C)C1=CN=C(c2cc(F)c(F)cc2C(C)C)C1. The van der Waals surface area contributed by atoms with E-state index in [0.29, 0.717) is 5.92 Å². The summed E-state index contributed by atoms with van der Waals surface area (Å²) in [7, 11) is 0. The number of aliphatic imine (C=N–C) groups is 1. The summed E-state index contributed by atoms with van der Waals surface area (Å²) in [5.74, 6) is -1.03. The second-order valence-corrected chi connectivity index (χ2v) is 5.62. The third kappa shape index (κ3) is 2.75. The van der Waals surface area contributed by atoms with Crippen LogP contribution in [0.5, 0.6) is 0 Å². The van der Waals surface area contributed by atoms with Gasteiger partial charge < -0.3 is 0 Å². The number of halogens is 2. The van der Waals surface area contributed by atoms with Gasteiger partial charge in [-0.25, -0.2) is 8.78 Å². The normalized spacial score (nSPS) is 15.2. The van der Waals surface area contributed by atoms with E-state index in [-0.39, 0.29) is 5.92 Å². The molecule has 0 saturated carbocycles. The van der Waals surface area contributed by atoms with E-state index in [2.05, 4.69) is 18.8 Å². The van der Waals surface area contributed by atoms with E-state index in [1.54, 1.807) is 0 Å². The molecular formula is C16H19F2N. The fourth-order valence-corrected chi connectivity index (χ4v) is 2.25. The maximum absolute atomic E-state index is 13.5. The van der Waals surface area contributed by atoms with Crippen molar-refractivity contribution in [1.82, 2.24) is 0 Å². The molecule has 3 heteroatoms. The zero-order valence-electron chi connectivity index (χ0n) is 11.8. The Kier molecular flexibility index (Phi) is 3.83. The number of hydrogen-bond acceptors (Lipinski definition) is 1. The van der Waals surface area contributed by atoms with Gasteiger partial charge in [-0.3, -0.25) is 4.99 Å². The molecule has 0 amide bonds. The van der Waals surface area contributed by atoms with E-state index in [4.69, 9.17) is 0 Å². The zero-order chi connectivity index (χ0) is 14.2. The molecule has 1 aliphatic heterocycles. The van der Waals surface area contributed by atoms with Crippen LogP contribution in [0, 0.1) is 17.6 Å². The van der Waals surface area contributed by atoms with Gasteiger partial charge in [-0.1, -0.05) is 27.7 Å². The lowest BCUT2D eigenvalue weighted by Gasteiger charge is -2.14. The number of nitrogens with zero attached hydrogens (tertiary/aromatic N) is 1. The molecular weight excluding hydrogens is 244 g/mol. The summed E-state index contributed by atoms with van der Waals surface area (Å²) in [6, 6.07) is 2.58. The van der Waals surface area contributed by atoms with Crippen LogP contribution in [-0.4, -0.2) is 5.71 Å². The van der Waals surface area contributed by atoms with Crippen molar-refractivity contribution in [2.75, 3.05) is 0 Å². The summed E-state index contributed by atoms with van der Waals surface area (Å²) in [5.41, 5.74) is 3.62. The highest BCUT2D eigenvalue weighted by atomic mass is 19.2. The highest BCUT2D eigenvalue weighted by molar-refractivity contribution is 6.05. The predicted octanol–water partition coefficient (Wildman–Crippen LogP) is 4.82. The Morgan fingerprint density at radius 3 is 2.16 bits per heavy atom. The van der Waals surface area contributed by atoms with Crippen molar-refractivity contribution in [2.24, 2.45) is 10.9 Å². The van der Waals surface area contributed by atoms with Gasteiger partial charge in [-0.15, -0.1) is 0 Å². The van der Waals surface area contributed by atoms with Crippen molar-refractivity contribution in [3.8, 4) is 0 Å². The van der Waals surface area contributed by atoms with E-state index in [1.165, 1.54) is 17.7 Å². The second-order valence-electron chi connectivity index (χ2n) is 5.62. The molecule has 0 spiro atoms. The van der Waals surface area contributed by atoms with E-state index in [0.717, 1.165) is 23.3 Å². The summed E-state index contributed by atoms with van der Waals surface area (Å²) < 4.78 is 26.9. The first-order valence-corrected chi connectivity index (χ1v) is 6.65. The van der Waals surface area contributed by atoms with Crippen LogP contribution in [0.15, 0.2) is 28.9 Å². The summed E-state index contributed by atoms with van der Waals surface area (Å²) in [5, 5.41) is 0. The van der Waals surface area contributed by atoms with Crippen LogP contribution >= 0.6 is 0 Å². The Morgan fingerprint density at radius 1 is 1.00 bits per heavy atom. The largest absolute Gasteiger partial charge is 0.260 e. The molecule has 1 aromatic rings. The Bertz CT molecular complexity index is 554. The smallest absolute Gasteiger partial charge is 0.159 e. The fraction of sp³-hybridized carbons (Fsp3) is 0.438. The predicted molar refractivity (Wildman–Crippen MR) is 74.5 cm³/mol. The Labute approximate surface area is 113 Å². The molecule has 0 N–H and O–H groups in total. The average Bonchev–Trinajstić information content (AvgIpc) is 2.81. The molecule has 0 radical (unpaired) electrons. The van der Waals surface area contributed by atoms with Gasteiger partial charge in [0.25, 0.3) is 0 Å². The first-order valence-electron chi connectivity index (χ1n) is 6.65. The molecule has 0 aliphatic carbocycles. The van der Waals surface area contributed by atoms with Gasteiger partial charge in [-0.2, -0.15) is 0 Å². The molecule has 0 bridgehead atoms. The van der Waals surface area contributed by atoms with Crippen LogP contribution in [0.25, 0.3) is 0 Å². The lowest BCUT2D eigenvalue weighted by atomic mass is 9.90. The minimum atomic E-state index is -0.805. The Morgan fingerprint density at radius 2 is 1.63 bits per heavy atom. The van der Waals surface area contributed by atoms with Gasteiger partial charge in [0.2, 0.25) is 0 Å². The van der Waals surface area contributed by atoms with Crippen molar-refractivity contribution in [3.05, 3.63) is 46.7 Å². The molecule has 0 fully saturated rings. The molecule has 2 rings (SSSR count). The number of benzene rings is 1. The van der Waals surface area contributed by atoms with Gasteiger partial charge >= 0.3 is 0 Å². The lowest BCUT2D eigenvalue weighted by Crippen LogP contribution is -2.08. The Hall–Kier alpha value is -1.51. The van der Waals surface area contributed by atoms with Crippen LogP contribution in [0.2, 0.25) is 0 Å². The molecule has 1 nitrogen and oxygen atoms in total. The van der Waals surface area contributed by atoms with Crippen LogP contribution < -0.4 is 0 Å². The molecule has 0 unspecified atom stereocenters. The summed E-state index contributed by atoms with van der Waals surface area (Å²) >= 11 is 0. The molecule has 1 heterocycles. The zero-order valence-corrected chi connectivity index (χ0v) is 11.8. The summed E-state index contributed by atoms with van der Waals surface area (Å²) in [6.45, 7) is 8.17. The second kappa shape index (κ2) is 5.24.